The molecule has 0 N–H and O–H groups in total. The number of likely N-dealkylation sites (tertiary alicyclic amines) is 1. The van der Waals surface area contributed by atoms with Gasteiger partial charge in [-0.25, -0.2) is 0 Å². The zero-order valence-corrected chi connectivity index (χ0v) is 14.5. The molecule has 2 rings (SSSR count). The molecular weight excluding hydrogens is 346 g/mol. The van der Waals surface area contributed by atoms with Gasteiger partial charge in [-0.1, -0.05) is 28.1 Å². The molecule has 0 unspecified atom stereocenters. The first kappa shape index (κ1) is 17.0. The van der Waals surface area contributed by atoms with Gasteiger partial charge in [0.2, 0.25) is 5.91 Å². The monoisotopic (exact) mass is 367 g/mol. The SMILES string of the molecule is CCOC(=O)[C@H]1CCCN(C(=O)CCc2cccc(Br)c2)C1. The van der Waals surface area contributed by atoms with Gasteiger partial charge in [-0.3, -0.25) is 9.59 Å². The van der Waals surface area contributed by atoms with Crippen molar-refractivity contribution in [3.8, 4) is 0 Å². The molecule has 4 nitrogen and oxygen atoms in total. The number of hydrogen-bond acceptors (Lipinski definition) is 3. The van der Waals surface area contributed by atoms with E-state index in [9.17, 15) is 9.59 Å². The molecule has 0 bridgehead atoms. The number of carbonyl (C=O) groups excluding carboxylic acids is 2. The van der Waals surface area contributed by atoms with E-state index in [0.29, 0.717) is 19.6 Å². The lowest BCUT2D eigenvalue weighted by molar-refractivity contribution is -0.151. The van der Waals surface area contributed by atoms with Gasteiger partial charge < -0.3 is 9.64 Å². The molecule has 1 heterocycles. The average molecular weight is 368 g/mol. The quantitative estimate of drug-likeness (QED) is 0.750. The predicted octanol–water partition coefficient (Wildman–Crippen LogP) is 3.18. The Morgan fingerprint density at radius 2 is 2.23 bits per heavy atom. The Kier molecular flexibility index (Phi) is 6.43. The van der Waals surface area contributed by atoms with Gasteiger partial charge in [0.1, 0.15) is 0 Å². The third kappa shape index (κ3) is 4.83. The fourth-order valence-electron chi connectivity index (χ4n) is 2.76. The first-order valence-corrected chi connectivity index (χ1v) is 8.58. The number of aryl methyl sites for hydroxylation is 1. The first-order valence-electron chi connectivity index (χ1n) is 7.79. The number of hydrogen-bond donors (Lipinski definition) is 0. The van der Waals surface area contributed by atoms with Gasteiger partial charge in [0.25, 0.3) is 0 Å². The molecule has 1 saturated heterocycles. The van der Waals surface area contributed by atoms with E-state index in [1.807, 2.05) is 36.1 Å². The molecule has 0 saturated carbocycles. The number of carbonyl (C=O) groups is 2. The standard InChI is InChI=1S/C17H22BrNO3/c1-2-22-17(21)14-6-4-10-19(12-14)16(20)9-8-13-5-3-7-15(18)11-13/h3,5,7,11,14H,2,4,6,8-10,12H2,1H3/t14-/m0/s1. The fourth-order valence-corrected chi connectivity index (χ4v) is 3.20. The minimum Gasteiger partial charge on any atom is -0.466 e. The van der Waals surface area contributed by atoms with Crippen LogP contribution in [0.1, 0.15) is 31.7 Å². The Morgan fingerprint density at radius 1 is 1.41 bits per heavy atom. The molecule has 0 spiro atoms. The van der Waals surface area contributed by atoms with Gasteiger partial charge in [0.15, 0.2) is 0 Å². The number of ether oxygens (including phenoxy) is 1. The summed E-state index contributed by atoms with van der Waals surface area (Å²) in [7, 11) is 0. The summed E-state index contributed by atoms with van der Waals surface area (Å²) >= 11 is 3.44. The predicted molar refractivity (Wildman–Crippen MR) is 88.4 cm³/mol. The van der Waals surface area contributed by atoms with Crippen molar-refractivity contribution in [3.05, 3.63) is 34.3 Å². The zero-order chi connectivity index (χ0) is 15.9. The summed E-state index contributed by atoms with van der Waals surface area (Å²) in [6, 6.07) is 8.00. The van der Waals surface area contributed by atoms with E-state index in [4.69, 9.17) is 4.74 Å². The lowest BCUT2D eigenvalue weighted by Crippen LogP contribution is -2.42. The second-order valence-corrected chi connectivity index (χ2v) is 6.48. The summed E-state index contributed by atoms with van der Waals surface area (Å²) in [4.78, 5) is 26.0. The van der Waals surface area contributed by atoms with Crippen molar-refractivity contribution < 1.29 is 14.3 Å². The van der Waals surface area contributed by atoms with E-state index >= 15 is 0 Å². The smallest absolute Gasteiger partial charge is 0.310 e. The van der Waals surface area contributed by atoms with Crippen LogP contribution in [0, 0.1) is 5.92 Å². The lowest BCUT2D eigenvalue weighted by atomic mass is 9.97. The minimum atomic E-state index is -0.174. The lowest BCUT2D eigenvalue weighted by Gasteiger charge is -2.31. The maximum Gasteiger partial charge on any atom is 0.310 e. The Bertz CT molecular complexity index is 532. The number of amides is 1. The van der Waals surface area contributed by atoms with Crippen LogP contribution in [0.4, 0.5) is 0 Å². The van der Waals surface area contributed by atoms with Gasteiger partial charge >= 0.3 is 5.97 Å². The van der Waals surface area contributed by atoms with Gasteiger partial charge in [0, 0.05) is 24.0 Å². The van der Waals surface area contributed by atoms with Crippen LogP contribution in [0.2, 0.25) is 0 Å². The van der Waals surface area contributed by atoms with Crippen molar-refractivity contribution in [1.29, 1.82) is 0 Å². The third-order valence-electron chi connectivity index (χ3n) is 3.91. The molecule has 0 aromatic heterocycles. The van der Waals surface area contributed by atoms with Crippen molar-refractivity contribution in [2.75, 3.05) is 19.7 Å². The highest BCUT2D eigenvalue weighted by Gasteiger charge is 2.28. The molecule has 0 aliphatic carbocycles. The largest absolute Gasteiger partial charge is 0.466 e. The molecule has 22 heavy (non-hydrogen) atoms. The average Bonchev–Trinajstić information content (AvgIpc) is 2.53. The molecule has 1 aliphatic rings. The summed E-state index contributed by atoms with van der Waals surface area (Å²) in [5.41, 5.74) is 1.14. The van der Waals surface area contributed by atoms with Gasteiger partial charge in [-0.15, -0.1) is 0 Å². The summed E-state index contributed by atoms with van der Waals surface area (Å²) in [6.07, 6.45) is 2.88. The Hall–Kier alpha value is -1.36. The van der Waals surface area contributed by atoms with E-state index in [1.165, 1.54) is 0 Å². The van der Waals surface area contributed by atoms with E-state index in [1.54, 1.807) is 0 Å². The number of rotatable bonds is 5. The molecule has 0 radical (unpaired) electrons. The van der Waals surface area contributed by atoms with Gasteiger partial charge in [0.05, 0.1) is 12.5 Å². The van der Waals surface area contributed by atoms with E-state index in [0.717, 1.165) is 35.8 Å². The number of benzene rings is 1. The summed E-state index contributed by atoms with van der Waals surface area (Å²) < 4.78 is 6.10. The van der Waals surface area contributed by atoms with Crippen LogP contribution in [0.25, 0.3) is 0 Å². The van der Waals surface area contributed by atoms with Crippen molar-refractivity contribution in [3.63, 3.8) is 0 Å². The highest BCUT2D eigenvalue weighted by molar-refractivity contribution is 9.10. The van der Waals surface area contributed by atoms with E-state index < -0.39 is 0 Å². The molecule has 1 atom stereocenters. The van der Waals surface area contributed by atoms with Crippen molar-refractivity contribution in [2.45, 2.75) is 32.6 Å². The van der Waals surface area contributed by atoms with Crippen LogP contribution in [-0.4, -0.2) is 36.5 Å². The van der Waals surface area contributed by atoms with E-state index in [-0.39, 0.29) is 17.8 Å². The summed E-state index contributed by atoms with van der Waals surface area (Å²) in [6.45, 7) is 3.44. The van der Waals surface area contributed by atoms with Crippen molar-refractivity contribution >= 4 is 27.8 Å². The Morgan fingerprint density at radius 3 is 2.95 bits per heavy atom. The third-order valence-corrected chi connectivity index (χ3v) is 4.40. The van der Waals surface area contributed by atoms with Gasteiger partial charge in [-0.05, 0) is 43.9 Å². The zero-order valence-electron chi connectivity index (χ0n) is 12.9. The van der Waals surface area contributed by atoms with Crippen molar-refractivity contribution in [2.24, 2.45) is 5.92 Å². The molecule has 1 aromatic carbocycles. The van der Waals surface area contributed by atoms with Crippen LogP contribution in [0.3, 0.4) is 0 Å². The van der Waals surface area contributed by atoms with Crippen LogP contribution >= 0.6 is 15.9 Å². The summed E-state index contributed by atoms with van der Waals surface area (Å²) in [5.74, 6) is -0.218. The summed E-state index contributed by atoms with van der Waals surface area (Å²) in [5, 5.41) is 0. The van der Waals surface area contributed by atoms with Crippen LogP contribution in [0.5, 0.6) is 0 Å². The van der Waals surface area contributed by atoms with Gasteiger partial charge in [-0.2, -0.15) is 0 Å². The highest BCUT2D eigenvalue weighted by Crippen LogP contribution is 2.19. The molecule has 1 aromatic rings. The number of halogens is 1. The highest BCUT2D eigenvalue weighted by atomic mass is 79.9. The Balaban J connectivity index is 1.85. The number of piperidine rings is 1. The molecule has 1 amide bonds. The maximum absolute atomic E-state index is 12.3. The minimum absolute atomic E-state index is 0.119. The van der Waals surface area contributed by atoms with Crippen molar-refractivity contribution in [1.82, 2.24) is 4.90 Å². The second kappa shape index (κ2) is 8.32. The number of nitrogens with zero attached hydrogens (tertiary/aromatic N) is 1. The van der Waals surface area contributed by atoms with E-state index in [2.05, 4.69) is 15.9 Å². The molecule has 5 heteroatoms. The molecule has 1 aliphatic heterocycles. The van der Waals surface area contributed by atoms with Crippen LogP contribution < -0.4 is 0 Å². The molecule has 1 fully saturated rings. The molecular formula is C17H22BrNO3. The van der Waals surface area contributed by atoms with Crippen LogP contribution in [0.15, 0.2) is 28.7 Å². The Labute approximate surface area is 140 Å². The fraction of sp³-hybridized carbons (Fsp3) is 0.529. The topological polar surface area (TPSA) is 46.6 Å². The second-order valence-electron chi connectivity index (χ2n) is 5.56. The maximum atomic E-state index is 12.3. The normalized spacial score (nSPS) is 18.1. The number of esters is 1. The molecule has 120 valence electrons. The van der Waals surface area contributed by atoms with Crippen LogP contribution in [-0.2, 0) is 20.7 Å². The first-order chi connectivity index (χ1) is 10.6.